The van der Waals surface area contributed by atoms with E-state index in [0.717, 1.165) is 12.1 Å². The predicted molar refractivity (Wildman–Crippen MR) is 108 cm³/mol. The van der Waals surface area contributed by atoms with Crippen molar-refractivity contribution in [1.82, 2.24) is 10.2 Å². The molecule has 7 nitrogen and oxygen atoms in total. The predicted octanol–water partition coefficient (Wildman–Crippen LogP) is 3.57. The lowest BCUT2D eigenvalue weighted by atomic mass is 9.94. The number of hydrogen-bond acceptors (Lipinski definition) is 5. The van der Waals surface area contributed by atoms with E-state index in [1.54, 1.807) is 31.2 Å². The van der Waals surface area contributed by atoms with Crippen molar-refractivity contribution in [3.05, 3.63) is 70.9 Å². The quantitative estimate of drug-likeness (QED) is 0.677. The number of amides is 2. The fourth-order valence-corrected chi connectivity index (χ4v) is 3.19. The van der Waals surface area contributed by atoms with Gasteiger partial charge in [0.2, 0.25) is 0 Å². The molecule has 0 bridgehead atoms. The summed E-state index contributed by atoms with van der Waals surface area (Å²) in [4.78, 5) is 26.7. The maximum Gasteiger partial charge on any atom is 0.338 e. The summed E-state index contributed by atoms with van der Waals surface area (Å²) in [6, 6.07) is 8.43. The minimum atomic E-state index is -0.898. The summed E-state index contributed by atoms with van der Waals surface area (Å²) >= 11 is 0. The smallest absolute Gasteiger partial charge is 0.338 e. The summed E-state index contributed by atoms with van der Waals surface area (Å²) in [6.45, 7) is 1.46. The number of hydrogen-bond donors (Lipinski definition) is 1. The average molecular weight is 432 g/mol. The van der Waals surface area contributed by atoms with Gasteiger partial charge in [0.1, 0.15) is 18.2 Å². The average Bonchev–Trinajstić information content (AvgIpc) is 2.75. The lowest BCUT2D eigenvalue weighted by Crippen LogP contribution is -2.48. The molecule has 0 fully saturated rings. The SMILES string of the molecule is CCOC(=O)C1=C(COc2ccc(F)cc2F)N(C)C(=O)NC1c1cccc(OC)c1. The number of likely N-dealkylation sites (N-methyl/N-ethyl adjacent to an activating group) is 1. The molecule has 1 atom stereocenters. The van der Waals surface area contributed by atoms with E-state index < -0.39 is 29.7 Å². The van der Waals surface area contributed by atoms with Gasteiger partial charge in [-0.05, 0) is 36.8 Å². The lowest BCUT2D eigenvalue weighted by Gasteiger charge is -2.34. The first-order chi connectivity index (χ1) is 14.8. The van der Waals surface area contributed by atoms with E-state index in [0.29, 0.717) is 17.4 Å². The van der Waals surface area contributed by atoms with Gasteiger partial charge in [0, 0.05) is 13.1 Å². The molecular formula is C22H22F2N2O5. The van der Waals surface area contributed by atoms with Crippen LogP contribution in [0.1, 0.15) is 18.5 Å². The molecule has 0 spiro atoms. The summed E-state index contributed by atoms with van der Waals surface area (Å²) in [7, 11) is 2.96. The monoisotopic (exact) mass is 432 g/mol. The normalized spacial score (nSPS) is 16.1. The maximum atomic E-state index is 14.0. The minimum Gasteiger partial charge on any atom is -0.497 e. The second kappa shape index (κ2) is 9.46. The molecule has 0 aromatic heterocycles. The second-order valence-electron chi connectivity index (χ2n) is 6.66. The van der Waals surface area contributed by atoms with Crippen LogP contribution in [0.15, 0.2) is 53.7 Å². The van der Waals surface area contributed by atoms with E-state index in [9.17, 15) is 18.4 Å². The first-order valence-corrected chi connectivity index (χ1v) is 9.51. The van der Waals surface area contributed by atoms with E-state index in [2.05, 4.69) is 5.32 Å². The number of benzene rings is 2. The molecule has 1 aliphatic rings. The standard InChI is InChI=1S/C22H22F2N2O5/c1-4-30-21(27)19-17(12-31-18-9-8-14(23)11-16(18)24)26(2)22(28)25-20(19)13-6-5-7-15(10-13)29-3/h5-11,20H,4,12H2,1-3H3,(H,25,28). The van der Waals surface area contributed by atoms with Crippen LogP contribution in [0.5, 0.6) is 11.5 Å². The van der Waals surface area contributed by atoms with E-state index >= 15 is 0 Å². The number of ether oxygens (including phenoxy) is 3. The van der Waals surface area contributed by atoms with Gasteiger partial charge in [-0.3, -0.25) is 4.90 Å². The summed E-state index contributed by atoms with van der Waals surface area (Å²) < 4.78 is 43.1. The molecule has 164 valence electrons. The van der Waals surface area contributed by atoms with E-state index in [4.69, 9.17) is 14.2 Å². The molecule has 0 aliphatic carbocycles. The second-order valence-corrected chi connectivity index (χ2v) is 6.66. The van der Waals surface area contributed by atoms with Crippen LogP contribution < -0.4 is 14.8 Å². The van der Waals surface area contributed by atoms with Crippen molar-refractivity contribution in [2.75, 3.05) is 27.4 Å². The lowest BCUT2D eigenvalue weighted by molar-refractivity contribution is -0.139. The third-order valence-corrected chi connectivity index (χ3v) is 4.76. The van der Waals surface area contributed by atoms with Crippen molar-refractivity contribution in [3.63, 3.8) is 0 Å². The Labute approximate surface area is 178 Å². The van der Waals surface area contributed by atoms with Gasteiger partial charge in [-0.1, -0.05) is 12.1 Å². The zero-order valence-electron chi connectivity index (χ0n) is 17.3. The summed E-state index contributed by atoms with van der Waals surface area (Å²) in [5.41, 5.74) is 0.924. The van der Waals surface area contributed by atoms with E-state index in [1.807, 2.05) is 0 Å². The summed E-state index contributed by atoms with van der Waals surface area (Å²) in [5.74, 6) is -1.97. The van der Waals surface area contributed by atoms with Crippen molar-refractivity contribution in [2.45, 2.75) is 13.0 Å². The van der Waals surface area contributed by atoms with Crippen LogP contribution in [0, 0.1) is 11.6 Å². The minimum absolute atomic E-state index is 0.117. The molecule has 2 aromatic carbocycles. The number of esters is 1. The fraction of sp³-hybridized carbons (Fsp3) is 0.273. The molecule has 1 N–H and O–H groups in total. The van der Waals surface area contributed by atoms with Crippen LogP contribution >= 0.6 is 0 Å². The summed E-state index contributed by atoms with van der Waals surface area (Å²) in [6.07, 6.45) is 0. The van der Waals surface area contributed by atoms with Crippen LogP contribution in [-0.2, 0) is 9.53 Å². The Bertz CT molecular complexity index is 1020. The highest BCUT2D eigenvalue weighted by atomic mass is 19.1. The van der Waals surface area contributed by atoms with Crippen LogP contribution in [0.4, 0.5) is 13.6 Å². The van der Waals surface area contributed by atoms with Crippen molar-refractivity contribution >= 4 is 12.0 Å². The van der Waals surface area contributed by atoms with Crippen LogP contribution in [0.25, 0.3) is 0 Å². The first kappa shape index (κ1) is 22.1. The molecule has 0 saturated heterocycles. The van der Waals surface area contributed by atoms with Gasteiger partial charge in [0.05, 0.1) is 31.0 Å². The Balaban J connectivity index is 2.05. The highest BCUT2D eigenvalue weighted by Gasteiger charge is 2.37. The number of nitrogens with one attached hydrogen (secondary N) is 1. The number of urea groups is 1. The van der Waals surface area contributed by atoms with E-state index in [1.165, 1.54) is 19.1 Å². The topological polar surface area (TPSA) is 77.1 Å². The molecule has 0 saturated carbocycles. The molecule has 0 radical (unpaired) electrons. The van der Waals surface area contributed by atoms with E-state index in [-0.39, 0.29) is 30.2 Å². The Morgan fingerprint density at radius 1 is 1.19 bits per heavy atom. The van der Waals surface area contributed by atoms with Gasteiger partial charge in [0.15, 0.2) is 11.6 Å². The Morgan fingerprint density at radius 2 is 1.97 bits per heavy atom. The first-order valence-electron chi connectivity index (χ1n) is 9.51. The molecule has 1 aliphatic heterocycles. The molecule has 2 aromatic rings. The zero-order valence-corrected chi connectivity index (χ0v) is 17.3. The Morgan fingerprint density at radius 3 is 2.65 bits per heavy atom. The summed E-state index contributed by atoms with van der Waals surface area (Å²) in [5, 5.41) is 2.76. The van der Waals surface area contributed by atoms with Gasteiger partial charge in [-0.2, -0.15) is 0 Å². The van der Waals surface area contributed by atoms with Gasteiger partial charge < -0.3 is 19.5 Å². The number of carbonyl (C=O) groups is 2. The number of rotatable bonds is 7. The molecular weight excluding hydrogens is 410 g/mol. The molecule has 1 unspecified atom stereocenters. The van der Waals surface area contributed by atoms with Crippen molar-refractivity contribution < 1.29 is 32.6 Å². The zero-order chi connectivity index (χ0) is 22.5. The number of halogens is 2. The molecule has 1 heterocycles. The Hall–Kier alpha value is -3.62. The third-order valence-electron chi connectivity index (χ3n) is 4.76. The van der Waals surface area contributed by atoms with Crippen molar-refractivity contribution in [1.29, 1.82) is 0 Å². The number of carbonyl (C=O) groups excluding carboxylic acids is 2. The highest BCUT2D eigenvalue weighted by molar-refractivity contribution is 5.95. The van der Waals surface area contributed by atoms with Crippen LogP contribution in [0.3, 0.4) is 0 Å². The molecule has 31 heavy (non-hydrogen) atoms. The largest absolute Gasteiger partial charge is 0.497 e. The van der Waals surface area contributed by atoms with Gasteiger partial charge in [0.25, 0.3) is 0 Å². The highest BCUT2D eigenvalue weighted by Crippen LogP contribution is 2.33. The van der Waals surface area contributed by atoms with Crippen molar-refractivity contribution in [2.24, 2.45) is 0 Å². The number of nitrogens with zero attached hydrogens (tertiary/aromatic N) is 1. The van der Waals surface area contributed by atoms with Crippen molar-refractivity contribution in [3.8, 4) is 11.5 Å². The molecule has 9 heteroatoms. The molecule has 2 amide bonds. The van der Waals surface area contributed by atoms with Gasteiger partial charge >= 0.3 is 12.0 Å². The number of methoxy groups -OCH3 is 1. The fourth-order valence-electron chi connectivity index (χ4n) is 3.19. The van der Waals surface area contributed by atoms with Crippen LogP contribution in [-0.4, -0.2) is 44.3 Å². The van der Waals surface area contributed by atoms with Crippen LogP contribution in [0.2, 0.25) is 0 Å². The van der Waals surface area contributed by atoms with Gasteiger partial charge in [-0.25, -0.2) is 18.4 Å². The third kappa shape index (κ3) is 4.76. The Kier molecular flexibility index (Phi) is 6.74. The molecule has 3 rings (SSSR count). The maximum absolute atomic E-state index is 14.0. The van der Waals surface area contributed by atoms with Gasteiger partial charge in [-0.15, -0.1) is 0 Å².